The first-order valence-corrected chi connectivity index (χ1v) is 8.65. The summed E-state index contributed by atoms with van der Waals surface area (Å²) in [7, 11) is 3.62. The highest BCUT2D eigenvalue weighted by molar-refractivity contribution is 5.90. The molecule has 0 rings (SSSR count). The molecule has 0 saturated carbocycles. The zero-order valence-corrected chi connectivity index (χ0v) is 14.7. The third kappa shape index (κ3) is 10.4. The fraction of sp³-hybridized carbons (Fsp3) is 0.875. The van der Waals surface area contributed by atoms with Crippen LogP contribution in [0.4, 0.5) is 0 Å². The van der Waals surface area contributed by atoms with Gasteiger partial charge in [-0.15, -0.1) is 0 Å². The standard InChI is InChI=1S/C16H35N5O2.2H2/c1-19-12-6-9-15(22)13(8-5-11-18)21-16(23)14(20-2)7-3-4-10-17;;/h13-14,19-20H,3-12,17-18H2,1-2H3,(H,21,23);2*1H/i;1+1D;1+1. The van der Waals surface area contributed by atoms with Crippen LogP contribution in [-0.4, -0.2) is 57.5 Å². The molecule has 0 radical (unpaired) electrons. The predicted molar refractivity (Wildman–Crippen MR) is 98.4 cm³/mol. The van der Waals surface area contributed by atoms with Crippen LogP contribution in [0, 0.1) is 0 Å². The summed E-state index contributed by atoms with van der Waals surface area (Å²) in [6.45, 7) is 1.94. The van der Waals surface area contributed by atoms with Gasteiger partial charge in [-0.05, 0) is 65.8 Å². The van der Waals surface area contributed by atoms with Gasteiger partial charge in [-0.1, -0.05) is 6.42 Å². The largest absolute Gasteiger partial charge is 0.345 e. The second kappa shape index (κ2) is 14.6. The molecule has 7 N–H and O–H groups in total. The van der Waals surface area contributed by atoms with E-state index in [1.165, 1.54) is 0 Å². The van der Waals surface area contributed by atoms with Crippen molar-refractivity contribution < 1.29 is 14.0 Å². The zero-order valence-electron chi connectivity index (χ0n) is 16.7. The van der Waals surface area contributed by atoms with Crippen molar-refractivity contribution in [2.75, 3.05) is 33.7 Å². The van der Waals surface area contributed by atoms with Gasteiger partial charge in [-0.3, -0.25) is 9.59 Å². The molecule has 0 fully saturated rings. The van der Waals surface area contributed by atoms with Crippen molar-refractivity contribution in [3.05, 3.63) is 0 Å². The van der Waals surface area contributed by atoms with Crippen molar-refractivity contribution in [1.29, 1.82) is 0 Å². The molecule has 2 atom stereocenters. The molecule has 0 aromatic carbocycles. The summed E-state index contributed by atoms with van der Waals surface area (Å²) in [4.78, 5) is 24.7. The number of carbonyl (C=O) groups is 2. The van der Waals surface area contributed by atoms with Gasteiger partial charge in [0.2, 0.25) is 5.91 Å². The lowest BCUT2D eigenvalue weighted by atomic mass is 10.0. The molecule has 0 heterocycles. The molecule has 0 aliphatic heterocycles. The molecule has 0 aromatic heterocycles. The van der Waals surface area contributed by atoms with Gasteiger partial charge in [0.05, 0.1) is 12.1 Å². The number of hydrogen-bond acceptors (Lipinski definition) is 6. The smallest absolute Gasteiger partial charge is 0.237 e. The Morgan fingerprint density at radius 2 is 1.65 bits per heavy atom. The van der Waals surface area contributed by atoms with Gasteiger partial charge in [-0.25, -0.2) is 0 Å². The average Bonchev–Trinajstić information content (AvgIpc) is 2.63. The van der Waals surface area contributed by atoms with Crippen LogP contribution in [0.25, 0.3) is 0 Å². The highest BCUT2D eigenvalue weighted by Crippen LogP contribution is 2.06. The van der Waals surface area contributed by atoms with E-state index in [4.69, 9.17) is 14.4 Å². The van der Waals surface area contributed by atoms with Gasteiger partial charge in [0.15, 0.2) is 5.78 Å². The van der Waals surface area contributed by atoms with Crippen molar-refractivity contribution in [2.24, 2.45) is 11.5 Å². The Kier molecular flexibility index (Phi) is 12.7. The molecule has 0 aromatic rings. The fourth-order valence-electron chi connectivity index (χ4n) is 2.42. The van der Waals surface area contributed by atoms with E-state index < -0.39 is 6.04 Å². The Morgan fingerprint density at radius 3 is 2.22 bits per heavy atom. The quantitative estimate of drug-likeness (QED) is 0.268. The highest BCUT2D eigenvalue weighted by atomic mass is 16.2. The molecule has 0 aliphatic carbocycles. The first-order valence-electron chi connectivity index (χ1n) is 9.65. The number of nitrogens with one attached hydrogen (secondary N) is 3. The monoisotopic (exact) mass is 336 g/mol. The number of ketones is 1. The number of unbranched alkanes of at least 4 members (excludes halogenated alkanes) is 1. The molecule has 7 nitrogen and oxygen atoms in total. The lowest BCUT2D eigenvalue weighted by molar-refractivity contribution is -0.129. The molecule has 0 saturated heterocycles. The van der Waals surface area contributed by atoms with Gasteiger partial charge < -0.3 is 27.4 Å². The van der Waals surface area contributed by atoms with Crippen LogP contribution in [0.5, 0.6) is 0 Å². The summed E-state index contributed by atoms with van der Waals surface area (Å²) in [6.07, 6.45) is 5.06. The van der Waals surface area contributed by atoms with Crippen molar-refractivity contribution in [1.82, 2.24) is 16.0 Å². The Morgan fingerprint density at radius 1 is 1.00 bits per heavy atom. The van der Waals surface area contributed by atoms with Crippen LogP contribution in [0.1, 0.15) is 49.3 Å². The maximum Gasteiger partial charge on any atom is 0.237 e. The first-order chi connectivity index (χ1) is 12.1. The van der Waals surface area contributed by atoms with Crippen molar-refractivity contribution >= 4 is 11.7 Å². The Labute approximate surface area is 144 Å². The number of likely N-dealkylation sites (N-methyl/N-ethyl adjacent to an activating group) is 1. The predicted octanol–water partition coefficient (Wildman–Crippen LogP) is -0.0122. The first kappa shape index (κ1) is 20.0. The van der Waals surface area contributed by atoms with E-state index in [0.29, 0.717) is 25.9 Å². The summed E-state index contributed by atoms with van der Waals surface area (Å²) in [5.41, 5.74) is 11.0. The van der Waals surface area contributed by atoms with Crippen LogP contribution in [-0.2, 0) is 9.59 Å². The van der Waals surface area contributed by atoms with Crippen LogP contribution in [0.2, 0.25) is 0 Å². The summed E-state index contributed by atoms with van der Waals surface area (Å²) >= 11 is 0. The maximum absolute atomic E-state index is 12.4. The lowest BCUT2D eigenvalue weighted by Crippen LogP contribution is -2.49. The van der Waals surface area contributed by atoms with E-state index in [2.05, 4.69) is 16.0 Å². The van der Waals surface area contributed by atoms with Crippen molar-refractivity contribution in [3.8, 4) is 0 Å². The molecule has 23 heavy (non-hydrogen) atoms. The van der Waals surface area contributed by atoms with E-state index >= 15 is 0 Å². The van der Waals surface area contributed by atoms with E-state index in [1.54, 1.807) is 7.05 Å². The second-order valence-corrected chi connectivity index (χ2v) is 5.79. The molecule has 140 valence electrons. The van der Waals surface area contributed by atoms with E-state index in [9.17, 15) is 9.59 Å². The topological polar surface area (TPSA) is 122 Å². The Balaban J connectivity index is -0.00000170. The van der Waals surface area contributed by atoms with Gasteiger partial charge in [0.1, 0.15) is 0 Å². The van der Waals surface area contributed by atoms with Crippen LogP contribution < -0.4 is 27.4 Å². The summed E-state index contributed by atoms with van der Waals surface area (Å²) in [5, 5.41) is 8.94. The van der Waals surface area contributed by atoms with Gasteiger partial charge in [-0.2, -0.15) is 0 Å². The second-order valence-electron chi connectivity index (χ2n) is 5.79. The third-order valence-electron chi connectivity index (χ3n) is 3.86. The van der Waals surface area contributed by atoms with Crippen molar-refractivity contribution in [2.45, 2.75) is 57.0 Å². The summed E-state index contributed by atoms with van der Waals surface area (Å²) in [6, 6.07) is -0.722. The minimum absolute atomic E-state index is 0. The average molecular weight is 337 g/mol. The number of Topliss-reactive ketones (excluding diaryl/α,β-unsaturated/α-hetero) is 1. The lowest BCUT2D eigenvalue weighted by Gasteiger charge is -2.22. The minimum atomic E-state index is -0.437. The molecule has 0 aliphatic rings. The van der Waals surface area contributed by atoms with Gasteiger partial charge in [0.25, 0.3) is 0 Å². The zero-order chi connectivity index (χ0) is 19.5. The SMILES string of the molecule is CNCCCC(=O)C(CCCN)NC(=O)C(CCCCN)NC.[2HH].[2H][2H]. The van der Waals surface area contributed by atoms with Gasteiger partial charge in [0, 0.05) is 10.8 Å². The molecule has 1 amide bonds. The van der Waals surface area contributed by atoms with Gasteiger partial charge >= 0.3 is 0 Å². The van der Waals surface area contributed by atoms with E-state index in [0.717, 1.165) is 38.6 Å². The fourth-order valence-corrected chi connectivity index (χ4v) is 2.42. The van der Waals surface area contributed by atoms with E-state index in [1.807, 2.05) is 7.05 Å². The summed E-state index contributed by atoms with van der Waals surface area (Å²) < 4.78 is 10.0. The number of hydrogen-bond donors (Lipinski definition) is 5. The molecule has 0 bridgehead atoms. The van der Waals surface area contributed by atoms with Crippen molar-refractivity contribution in [3.63, 3.8) is 0 Å². The van der Waals surface area contributed by atoms with Crippen LogP contribution in [0.15, 0.2) is 0 Å². The highest BCUT2D eigenvalue weighted by Gasteiger charge is 2.23. The number of nitrogens with two attached hydrogens (primary N) is 2. The molecule has 2 unspecified atom stereocenters. The Bertz CT molecular complexity index is 339. The van der Waals surface area contributed by atoms with Crippen LogP contribution in [0.3, 0.4) is 0 Å². The molecule has 7 heteroatoms. The third-order valence-corrected chi connectivity index (χ3v) is 3.86. The van der Waals surface area contributed by atoms with E-state index in [-0.39, 0.29) is 19.2 Å². The maximum atomic E-state index is 12.4. The Hall–Kier alpha value is -1.02. The molecular formula is C16H39N5O2. The normalized spacial score (nSPS) is 13.9. The number of rotatable bonds is 15. The molecule has 0 spiro atoms. The molecular weight excluding hydrogens is 294 g/mol. The summed E-state index contributed by atoms with van der Waals surface area (Å²) in [5.74, 6) is -0.0348. The number of amides is 1. The van der Waals surface area contributed by atoms with Crippen LogP contribution >= 0.6 is 0 Å². The number of carbonyl (C=O) groups excluding carboxylic acids is 2. The minimum Gasteiger partial charge on any atom is -0.345 e.